The smallest absolute Gasteiger partial charge is 0.308 e. The van der Waals surface area contributed by atoms with Gasteiger partial charge in [0.15, 0.2) is 29.7 Å². The second-order valence-corrected chi connectivity index (χ2v) is 9.25. The number of esters is 1. The summed E-state index contributed by atoms with van der Waals surface area (Å²) in [5.74, 6) is 0.913. The Balaban J connectivity index is 0.000000701. The molecule has 2 aromatic carbocycles. The molecular weight excluding hydrogens is 602 g/mol. The van der Waals surface area contributed by atoms with Crippen molar-refractivity contribution in [2.45, 2.75) is 41.5 Å². The standard InChI is InChI=1S/C16H13NO4S.C9H6O2.C5H8.C4H8.C2H6.CH4O/c1-9(19)20-13-5-3-4-10-6-14(21-15(10)13)16-11(7-18)12(17-2)8-22-16;10-6-8-5-7-3-1-2-4-9(7)11-8;1-3-5-4-2;1-3-4-2;2*1-2/h3-8,17H,1-2H3;1-6H;3-5H,1H2,2H3;3-4H,1-2H3;1-2H3;2H,1H3/b;;5-4-;4-3-;;. The van der Waals surface area contributed by atoms with E-state index in [-0.39, 0.29) is 0 Å². The molecule has 0 amide bonds. The highest BCUT2D eigenvalue weighted by atomic mass is 32.1. The molecule has 9 heteroatoms. The molecular formula is C37H45NO7S. The number of para-hydroxylation sites is 2. The summed E-state index contributed by atoms with van der Waals surface area (Å²) in [6.07, 6.45) is 11.1. The zero-order chi connectivity index (χ0) is 34.9. The van der Waals surface area contributed by atoms with Crippen LogP contribution in [0.5, 0.6) is 5.75 Å². The number of allylic oxidation sites excluding steroid dienone is 5. The van der Waals surface area contributed by atoms with E-state index in [1.165, 1.54) is 18.3 Å². The van der Waals surface area contributed by atoms with Crippen LogP contribution in [0.15, 0.2) is 106 Å². The number of thiophene rings is 1. The topological polar surface area (TPSA) is 119 Å². The average molecular weight is 648 g/mol. The third kappa shape index (κ3) is 12.9. The van der Waals surface area contributed by atoms with Crippen LogP contribution in [0.3, 0.4) is 0 Å². The van der Waals surface area contributed by atoms with Gasteiger partial charge < -0.3 is 24.0 Å². The van der Waals surface area contributed by atoms with Gasteiger partial charge in [0.2, 0.25) is 0 Å². The van der Waals surface area contributed by atoms with Crippen molar-refractivity contribution in [3.63, 3.8) is 0 Å². The van der Waals surface area contributed by atoms with E-state index in [0.717, 1.165) is 40.3 Å². The van der Waals surface area contributed by atoms with Crippen molar-refractivity contribution in [3.05, 3.63) is 108 Å². The second kappa shape index (κ2) is 24.3. The summed E-state index contributed by atoms with van der Waals surface area (Å²) in [6.45, 7) is 14.8. The van der Waals surface area contributed by atoms with E-state index in [0.29, 0.717) is 34.7 Å². The molecule has 3 aromatic heterocycles. The minimum Gasteiger partial charge on any atom is -0.453 e. The Kier molecular flexibility index (Phi) is 21.7. The molecule has 0 bridgehead atoms. The Morgan fingerprint density at radius 2 is 1.57 bits per heavy atom. The zero-order valence-corrected chi connectivity index (χ0v) is 28.6. The first-order chi connectivity index (χ1) is 22.4. The van der Waals surface area contributed by atoms with Crippen molar-refractivity contribution in [1.29, 1.82) is 0 Å². The highest BCUT2D eigenvalue weighted by molar-refractivity contribution is 7.14. The number of fused-ring (bicyclic) bond motifs is 2. The number of rotatable bonds is 6. The molecule has 0 atom stereocenters. The van der Waals surface area contributed by atoms with Gasteiger partial charge in [-0.15, -0.1) is 11.3 Å². The molecule has 2 N–H and O–H groups in total. The molecule has 0 unspecified atom stereocenters. The van der Waals surface area contributed by atoms with Gasteiger partial charge in [-0.2, -0.15) is 0 Å². The quantitative estimate of drug-likeness (QED) is 0.0614. The first-order valence-electron chi connectivity index (χ1n) is 14.5. The Labute approximate surface area is 275 Å². The van der Waals surface area contributed by atoms with Crippen molar-refractivity contribution >= 4 is 57.5 Å². The molecule has 0 aliphatic heterocycles. The minimum absolute atomic E-state index is 0.370. The first kappa shape index (κ1) is 41.0. The van der Waals surface area contributed by atoms with Crippen molar-refractivity contribution in [3.8, 4) is 16.4 Å². The maximum Gasteiger partial charge on any atom is 0.308 e. The van der Waals surface area contributed by atoms with Gasteiger partial charge >= 0.3 is 5.97 Å². The molecule has 0 saturated carbocycles. The van der Waals surface area contributed by atoms with Gasteiger partial charge in [-0.1, -0.05) is 81.1 Å². The number of ether oxygens (including phenoxy) is 1. The van der Waals surface area contributed by atoms with Crippen LogP contribution in [-0.2, 0) is 4.79 Å². The SMILES string of the molecule is C/C=C\C.C=C/C=C\C.CC.CNc1csc(-c2cc3cccc(OC(C)=O)c3o2)c1C=O.CO.O=Cc1cc2ccccc2o1. The summed E-state index contributed by atoms with van der Waals surface area (Å²) in [6, 6.07) is 16.4. The van der Waals surface area contributed by atoms with Gasteiger partial charge in [0, 0.05) is 37.2 Å². The molecule has 0 saturated heterocycles. The van der Waals surface area contributed by atoms with Crippen LogP contribution in [0.25, 0.3) is 32.6 Å². The summed E-state index contributed by atoms with van der Waals surface area (Å²) in [5.41, 5.74) is 2.56. The lowest BCUT2D eigenvalue weighted by Gasteiger charge is -2.01. The molecule has 0 radical (unpaired) electrons. The highest BCUT2D eigenvalue weighted by Crippen LogP contribution is 2.39. The fraction of sp³-hybridized carbons (Fsp3) is 0.216. The molecule has 0 aliphatic rings. The molecule has 0 aliphatic carbocycles. The van der Waals surface area contributed by atoms with Crippen LogP contribution in [0.4, 0.5) is 5.69 Å². The molecule has 46 heavy (non-hydrogen) atoms. The van der Waals surface area contributed by atoms with Crippen LogP contribution < -0.4 is 10.1 Å². The van der Waals surface area contributed by atoms with Gasteiger partial charge in [-0.05, 0) is 45.0 Å². The Hall–Kier alpha value is -4.99. The first-order valence-corrected chi connectivity index (χ1v) is 15.4. The van der Waals surface area contributed by atoms with Crippen LogP contribution in [0, 0.1) is 0 Å². The molecule has 0 spiro atoms. The summed E-state index contributed by atoms with van der Waals surface area (Å²) >= 11 is 1.42. The number of nitrogens with one attached hydrogen (secondary N) is 1. The van der Waals surface area contributed by atoms with Gasteiger partial charge in [-0.3, -0.25) is 14.4 Å². The fourth-order valence-electron chi connectivity index (χ4n) is 3.45. The van der Waals surface area contributed by atoms with Crippen molar-refractivity contribution < 1.29 is 33.1 Å². The number of carbonyl (C=O) groups excluding carboxylic acids is 3. The van der Waals surface area contributed by atoms with E-state index in [1.807, 2.05) is 101 Å². The third-order valence-electron chi connectivity index (χ3n) is 5.42. The minimum atomic E-state index is -0.410. The number of aldehydes is 2. The van der Waals surface area contributed by atoms with Gasteiger partial charge in [0.05, 0.1) is 16.1 Å². The third-order valence-corrected chi connectivity index (χ3v) is 6.44. The summed E-state index contributed by atoms with van der Waals surface area (Å²) in [7, 11) is 2.76. The van der Waals surface area contributed by atoms with Crippen molar-refractivity contribution in [2.24, 2.45) is 0 Å². The van der Waals surface area contributed by atoms with E-state index >= 15 is 0 Å². The van der Waals surface area contributed by atoms with Gasteiger partial charge in [0.1, 0.15) is 11.3 Å². The Morgan fingerprint density at radius 3 is 2.07 bits per heavy atom. The zero-order valence-electron chi connectivity index (χ0n) is 27.8. The maximum absolute atomic E-state index is 11.3. The molecule has 8 nitrogen and oxygen atoms in total. The number of hydrogen-bond acceptors (Lipinski definition) is 9. The number of furan rings is 2. The molecule has 246 valence electrons. The predicted octanol–water partition coefficient (Wildman–Crippen LogP) is 10.2. The average Bonchev–Trinajstić information content (AvgIpc) is 3.84. The number of benzene rings is 2. The van der Waals surface area contributed by atoms with E-state index in [9.17, 15) is 14.4 Å². The lowest BCUT2D eigenvalue weighted by molar-refractivity contribution is -0.131. The number of carbonyl (C=O) groups is 3. The van der Waals surface area contributed by atoms with Crippen LogP contribution in [0.2, 0.25) is 0 Å². The Morgan fingerprint density at radius 1 is 0.913 bits per heavy atom. The van der Waals surface area contributed by atoms with Crippen LogP contribution in [0.1, 0.15) is 62.5 Å². The van der Waals surface area contributed by atoms with Crippen LogP contribution in [-0.4, -0.2) is 37.8 Å². The summed E-state index contributed by atoms with van der Waals surface area (Å²) in [4.78, 5) is 33.5. The fourth-order valence-corrected chi connectivity index (χ4v) is 4.43. The van der Waals surface area contributed by atoms with Crippen LogP contribution >= 0.6 is 11.3 Å². The number of anilines is 1. The van der Waals surface area contributed by atoms with Gasteiger partial charge in [-0.25, -0.2) is 0 Å². The number of hydrogen-bond donors (Lipinski definition) is 2. The van der Waals surface area contributed by atoms with E-state index in [2.05, 4.69) is 11.9 Å². The molecule has 3 heterocycles. The lowest BCUT2D eigenvalue weighted by atomic mass is 10.2. The molecule has 0 fully saturated rings. The second-order valence-electron chi connectivity index (χ2n) is 8.37. The van der Waals surface area contributed by atoms with E-state index < -0.39 is 5.97 Å². The van der Waals surface area contributed by atoms with Crippen molar-refractivity contribution in [1.82, 2.24) is 0 Å². The highest BCUT2D eigenvalue weighted by Gasteiger charge is 2.18. The summed E-state index contributed by atoms with van der Waals surface area (Å²) < 4.78 is 16.1. The van der Waals surface area contributed by atoms with E-state index in [1.54, 1.807) is 31.3 Å². The normalized spacial score (nSPS) is 9.59. The largest absolute Gasteiger partial charge is 0.453 e. The predicted molar refractivity (Wildman–Crippen MR) is 192 cm³/mol. The number of aliphatic hydroxyl groups is 1. The van der Waals surface area contributed by atoms with Crippen molar-refractivity contribution in [2.75, 3.05) is 19.5 Å². The maximum atomic E-state index is 11.3. The monoisotopic (exact) mass is 647 g/mol. The van der Waals surface area contributed by atoms with E-state index in [4.69, 9.17) is 18.7 Å². The summed E-state index contributed by atoms with van der Waals surface area (Å²) in [5, 5.41) is 13.6. The van der Waals surface area contributed by atoms with Gasteiger partial charge in [0.25, 0.3) is 0 Å². The Bertz CT molecular complexity index is 1630. The molecule has 5 aromatic rings. The molecule has 5 rings (SSSR count). The lowest BCUT2D eigenvalue weighted by Crippen LogP contribution is -2.01. The number of aliphatic hydroxyl groups excluding tert-OH is 1.